The number of hydrogen-bond acceptors (Lipinski definition) is 7. The van der Waals surface area contributed by atoms with Crippen molar-refractivity contribution in [2.24, 2.45) is 5.92 Å². The molecule has 1 amide bonds. The van der Waals surface area contributed by atoms with Crippen LogP contribution in [0.15, 0.2) is 30.3 Å². The van der Waals surface area contributed by atoms with Crippen LogP contribution in [0.5, 0.6) is 0 Å². The minimum atomic E-state index is -1.70. The van der Waals surface area contributed by atoms with Gasteiger partial charge in [0.05, 0.1) is 25.6 Å². The van der Waals surface area contributed by atoms with Crippen molar-refractivity contribution in [1.29, 1.82) is 0 Å². The highest BCUT2D eigenvalue weighted by atomic mass is 16.5. The van der Waals surface area contributed by atoms with Crippen LogP contribution in [-0.2, 0) is 33.4 Å². The van der Waals surface area contributed by atoms with Gasteiger partial charge in [0.15, 0.2) is 6.10 Å². The highest BCUT2D eigenvalue weighted by Gasteiger charge is 2.39. The molecular formula is C19H25NO8. The van der Waals surface area contributed by atoms with Crippen molar-refractivity contribution in [3.8, 4) is 0 Å². The largest absolute Gasteiger partial charge is 0.480 e. The van der Waals surface area contributed by atoms with E-state index in [1.807, 2.05) is 0 Å². The molecule has 0 radical (unpaired) electrons. The molecule has 0 fully saturated rings. The number of amides is 1. The number of carboxylic acid groups (broad SMARTS) is 1. The number of rotatable bonds is 11. The highest BCUT2D eigenvalue weighted by molar-refractivity contribution is 5.92. The second kappa shape index (κ2) is 11.7. The average molecular weight is 395 g/mol. The van der Waals surface area contributed by atoms with Gasteiger partial charge in [0.1, 0.15) is 6.04 Å². The number of ether oxygens (including phenoxy) is 3. The molecule has 0 aliphatic heterocycles. The number of carboxylic acids is 1. The van der Waals surface area contributed by atoms with Crippen molar-refractivity contribution >= 4 is 23.8 Å². The minimum Gasteiger partial charge on any atom is -0.480 e. The summed E-state index contributed by atoms with van der Waals surface area (Å²) in [6.07, 6.45) is -1.64. The summed E-state index contributed by atoms with van der Waals surface area (Å²) in [5.41, 5.74) is 0.504. The molecule has 9 nitrogen and oxygen atoms in total. The lowest BCUT2D eigenvalue weighted by Crippen LogP contribution is -2.51. The second-order valence-corrected chi connectivity index (χ2v) is 5.72. The van der Waals surface area contributed by atoms with Gasteiger partial charge in [-0.25, -0.2) is 4.79 Å². The van der Waals surface area contributed by atoms with Gasteiger partial charge in [0, 0.05) is 7.11 Å². The summed E-state index contributed by atoms with van der Waals surface area (Å²) in [6, 6.07) is 6.74. The number of carbonyl (C=O) groups excluding carboxylic acids is 3. The van der Waals surface area contributed by atoms with E-state index in [0.29, 0.717) is 5.56 Å². The standard InChI is InChI=1S/C19H25NO8/c1-4-27-14(21)11-13(19(25)28-5-2)15(18(23)24)20-17(22)16(26-3)12-9-7-6-8-10-12/h6-10,13,15-16H,4-5,11H2,1-3H3,(H,20,22)(H,23,24)/t13-,15-,16+/m0/s1. The van der Waals surface area contributed by atoms with Gasteiger partial charge in [0.25, 0.3) is 5.91 Å². The Labute approximate surface area is 163 Å². The van der Waals surface area contributed by atoms with Crippen LogP contribution in [0.25, 0.3) is 0 Å². The van der Waals surface area contributed by atoms with Gasteiger partial charge in [-0.3, -0.25) is 14.4 Å². The fraction of sp³-hybridized carbons (Fsp3) is 0.474. The minimum absolute atomic E-state index is 0.0108. The van der Waals surface area contributed by atoms with Crippen LogP contribution in [0.3, 0.4) is 0 Å². The summed E-state index contributed by atoms with van der Waals surface area (Å²) < 4.78 is 14.8. The van der Waals surface area contributed by atoms with Crippen molar-refractivity contribution in [2.45, 2.75) is 32.4 Å². The zero-order valence-corrected chi connectivity index (χ0v) is 16.0. The Morgan fingerprint density at radius 1 is 1.04 bits per heavy atom. The third-order valence-corrected chi connectivity index (χ3v) is 3.82. The summed E-state index contributed by atoms with van der Waals surface area (Å²) in [5, 5.41) is 11.8. The maximum absolute atomic E-state index is 12.6. The summed E-state index contributed by atoms with van der Waals surface area (Å²) in [5.74, 6) is -5.39. The molecule has 0 aliphatic carbocycles. The molecular weight excluding hydrogens is 370 g/mol. The predicted molar refractivity (Wildman–Crippen MR) is 97.1 cm³/mol. The van der Waals surface area contributed by atoms with Gasteiger partial charge >= 0.3 is 17.9 Å². The fourth-order valence-corrected chi connectivity index (χ4v) is 2.57. The van der Waals surface area contributed by atoms with Gasteiger partial charge in [-0.15, -0.1) is 0 Å². The van der Waals surface area contributed by atoms with E-state index >= 15 is 0 Å². The lowest BCUT2D eigenvalue weighted by molar-refractivity contribution is -0.160. The van der Waals surface area contributed by atoms with Gasteiger partial charge in [0.2, 0.25) is 0 Å². The van der Waals surface area contributed by atoms with Crippen molar-refractivity contribution < 1.29 is 38.5 Å². The van der Waals surface area contributed by atoms with Gasteiger partial charge < -0.3 is 24.6 Å². The molecule has 154 valence electrons. The van der Waals surface area contributed by atoms with Crippen molar-refractivity contribution in [3.05, 3.63) is 35.9 Å². The molecule has 0 aromatic heterocycles. The first-order chi connectivity index (χ1) is 13.3. The lowest BCUT2D eigenvalue weighted by atomic mass is 9.95. The van der Waals surface area contributed by atoms with E-state index in [2.05, 4.69) is 5.32 Å². The lowest BCUT2D eigenvalue weighted by Gasteiger charge is -2.25. The molecule has 0 heterocycles. The maximum atomic E-state index is 12.6. The number of carbonyl (C=O) groups is 4. The first-order valence-corrected chi connectivity index (χ1v) is 8.78. The van der Waals surface area contributed by atoms with E-state index < -0.39 is 48.3 Å². The first kappa shape index (κ1) is 23.1. The maximum Gasteiger partial charge on any atom is 0.327 e. The van der Waals surface area contributed by atoms with Crippen LogP contribution in [0.4, 0.5) is 0 Å². The Bertz CT molecular complexity index is 676. The molecule has 0 saturated heterocycles. The smallest absolute Gasteiger partial charge is 0.327 e. The molecule has 1 aromatic carbocycles. The molecule has 28 heavy (non-hydrogen) atoms. The van der Waals surface area contributed by atoms with Crippen LogP contribution in [0.1, 0.15) is 31.9 Å². The summed E-state index contributed by atoms with van der Waals surface area (Å²) in [6.45, 7) is 3.18. The summed E-state index contributed by atoms with van der Waals surface area (Å²) in [7, 11) is 1.30. The van der Waals surface area contributed by atoms with E-state index in [9.17, 15) is 24.3 Å². The first-order valence-electron chi connectivity index (χ1n) is 8.78. The molecule has 0 bridgehead atoms. The van der Waals surface area contributed by atoms with Crippen LogP contribution in [0.2, 0.25) is 0 Å². The Hall–Kier alpha value is -2.94. The van der Waals surface area contributed by atoms with E-state index in [-0.39, 0.29) is 13.2 Å². The fourth-order valence-electron chi connectivity index (χ4n) is 2.57. The Balaban J connectivity index is 3.08. The molecule has 0 aliphatic rings. The Kier molecular flexibility index (Phi) is 9.66. The molecule has 1 rings (SSSR count). The van der Waals surface area contributed by atoms with Crippen molar-refractivity contribution in [1.82, 2.24) is 5.32 Å². The van der Waals surface area contributed by atoms with Crippen molar-refractivity contribution in [2.75, 3.05) is 20.3 Å². The number of nitrogens with one attached hydrogen (secondary N) is 1. The molecule has 1 aromatic rings. The molecule has 0 unspecified atom stereocenters. The van der Waals surface area contributed by atoms with Crippen LogP contribution < -0.4 is 5.32 Å². The van der Waals surface area contributed by atoms with E-state index in [1.165, 1.54) is 7.11 Å². The van der Waals surface area contributed by atoms with Crippen LogP contribution in [-0.4, -0.2) is 55.3 Å². The quantitative estimate of drug-likeness (QED) is 0.533. The van der Waals surface area contributed by atoms with E-state index in [0.717, 1.165) is 0 Å². The predicted octanol–water partition coefficient (Wildman–Crippen LogP) is 1.08. The second-order valence-electron chi connectivity index (χ2n) is 5.72. The third kappa shape index (κ3) is 6.66. The summed E-state index contributed by atoms with van der Waals surface area (Å²) in [4.78, 5) is 48.4. The Morgan fingerprint density at radius 3 is 2.14 bits per heavy atom. The van der Waals surface area contributed by atoms with Gasteiger partial charge in [-0.2, -0.15) is 0 Å². The molecule has 3 atom stereocenters. The normalized spacial score (nSPS) is 13.7. The van der Waals surface area contributed by atoms with Crippen molar-refractivity contribution in [3.63, 3.8) is 0 Å². The summed E-state index contributed by atoms with van der Waals surface area (Å²) >= 11 is 0. The van der Waals surface area contributed by atoms with Crippen LogP contribution >= 0.6 is 0 Å². The zero-order valence-electron chi connectivity index (χ0n) is 16.0. The zero-order chi connectivity index (χ0) is 21.1. The number of benzene rings is 1. The SMILES string of the molecule is CCOC(=O)C[C@H](C(=O)OCC)[C@H](NC(=O)[C@H](OC)c1ccccc1)C(=O)O. The monoisotopic (exact) mass is 395 g/mol. The molecule has 2 N–H and O–H groups in total. The topological polar surface area (TPSA) is 128 Å². The van der Waals surface area contributed by atoms with Crippen LogP contribution in [0, 0.1) is 5.92 Å². The average Bonchev–Trinajstić information content (AvgIpc) is 2.66. The number of esters is 2. The Morgan fingerprint density at radius 2 is 1.64 bits per heavy atom. The number of hydrogen-bond donors (Lipinski definition) is 2. The van der Waals surface area contributed by atoms with Gasteiger partial charge in [-0.05, 0) is 19.4 Å². The van der Waals surface area contributed by atoms with E-state index in [1.54, 1.807) is 44.2 Å². The number of methoxy groups -OCH3 is 1. The highest BCUT2D eigenvalue weighted by Crippen LogP contribution is 2.19. The van der Waals surface area contributed by atoms with E-state index in [4.69, 9.17) is 14.2 Å². The molecule has 9 heteroatoms. The third-order valence-electron chi connectivity index (χ3n) is 3.82. The number of aliphatic carboxylic acids is 1. The molecule has 0 saturated carbocycles. The molecule has 0 spiro atoms. The van der Waals surface area contributed by atoms with Gasteiger partial charge in [-0.1, -0.05) is 30.3 Å².